The van der Waals surface area contributed by atoms with Crippen molar-refractivity contribution in [1.29, 1.82) is 0 Å². The lowest BCUT2D eigenvalue weighted by Gasteiger charge is -2.21. The zero-order valence-corrected chi connectivity index (χ0v) is 21.3. The standard InChI is InChI=1S/C23H14F6S5/c1-21(11-10-17(34-21)16-6-9-20(33-16)23(27,28)29)18-7-4-14(31-18)12-2-3-13(30-12)15-5-8-19(32-15)22(24,25)26/h2-10H,11H2,1H3. The van der Waals surface area contributed by atoms with Crippen LogP contribution in [0, 0.1) is 0 Å². The lowest BCUT2D eigenvalue weighted by Crippen LogP contribution is -2.10. The number of rotatable bonds is 4. The highest BCUT2D eigenvalue weighted by molar-refractivity contribution is 8.09. The molecule has 0 radical (unpaired) electrons. The molecule has 1 aliphatic heterocycles. The van der Waals surface area contributed by atoms with Crippen molar-refractivity contribution < 1.29 is 26.3 Å². The van der Waals surface area contributed by atoms with Gasteiger partial charge in [0.1, 0.15) is 9.75 Å². The highest BCUT2D eigenvalue weighted by atomic mass is 32.2. The Morgan fingerprint density at radius 1 is 0.618 bits per heavy atom. The number of hydrogen-bond donors (Lipinski definition) is 0. The summed E-state index contributed by atoms with van der Waals surface area (Å²) in [7, 11) is 0. The van der Waals surface area contributed by atoms with E-state index in [2.05, 4.69) is 6.92 Å². The first-order chi connectivity index (χ1) is 15.9. The zero-order chi connectivity index (χ0) is 24.3. The van der Waals surface area contributed by atoms with Crippen molar-refractivity contribution in [3.63, 3.8) is 0 Å². The first kappa shape index (κ1) is 24.2. The Kier molecular flexibility index (Phi) is 6.08. The third-order valence-electron chi connectivity index (χ3n) is 5.24. The monoisotopic (exact) mass is 564 g/mol. The Morgan fingerprint density at radius 3 is 1.68 bits per heavy atom. The van der Waals surface area contributed by atoms with Crippen molar-refractivity contribution in [1.82, 2.24) is 0 Å². The van der Waals surface area contributed by atoms with Gasteiger partial charge in [0.15, 0.2) is 0 Å². The molecule has 0 saturated carbocycles. The van der Waals surface area contributed by atoms with Crippen LogP contribution in [0.25, 0.3) is 24.4 Å². The Hall–Kier alpha value is -1.53. The van der Waals surface area contributed by atoms with Crippen LogP contribution in [0.4, 0.5) is 26.3 Å². The maximum absolute atomic E-state index is 13.0. The van der Waals surface area contributed by atoms with Crippen molar-refractivity contribution in [3.8, 4) is 19.5 Å². The Labute approximate surface area is 211 Å². The van der Waals surface area contributed by atoms with Crippen LogP contribution in [0.3, 0.4) is 0 Å². The molecule has 1 atom stereocenters. The second-order valence-electron chi connectivity index (χ2n) is 7.76. The molecule has 34 heavy (non-hydrogen) atoms. The molecule has 0 aromatic carbocycles. The minimum absolute atomic E-state index is 0.282. The highest BCUT2D eigenvalue weighted by Gasteiger charge is 2.37. The minimum atomic E-state index is -4.34. The highest BCUT2D eigenvalue weighted by Crippen LogP contribution is 2.56. The summed E-state index contributed by atoms with van der Waals surface area (Å²) in [5.74, 6) is 0. The zero-order valence-electron chi connectivity index (χ0n) is 17.2. The third kappa shape index (κ3) is 4.65. The predicted octanol–water partition coefficient (Wildman–Crippen LogP) is 10.7. The van der Waals surface area contributed by atoms with Crippen molar-refractivity contribution in [3.05, 3.63) is 74.1 Å². The summed E-state index contributed by atoms with van der Waals surface area (Å²) in [5, 5.41) is 0. The van der Waals surface area contributed by atoms with E-state index in [1.165, 1.54) is 23.5 Å². The molecule has 4 aromatic rings. The summed E-state index contributed by atoms with van der Waals surface area (Å²) in [4.78, 5) is 4.73. The predicted molar refractivity (Wildman–Crippen MR) is 133 cm³/mol. The lowest BCUT2D eigenvalue weighted by atomic mass is 10.1. The van der Waals surface area contributed by atoms with E-state index in [1.807, 2.05) is 30.3 Å². The first-order valence-electron chi connectivity index (χ1n) is 9.87. The van der Waals surface area contributed by atoms with Gasteiger partial charge in [0.25, 0.3) is 0 Å². The van der Waals surface area contributed by atoms with E-state index >= 15 is 0 Å². The van der Waals surface area contributed by atoms with Gasteiger partial charge in [0.2, 0.25) is 0 Å². The topological polar surface area (TPSA) is 0 Å². The molecule has 5 rings (SSSR count). The van der Waals surface area contributed by atoms with Gasteiger partial charge in [-0.05, 0) is 61.9 Å². The Bertz CT molecular complexity index is 1360. The van der Waals surface area contributed by atoms with Gasteiger partial charge in [0, 0.05) is 34.2 Å². The molecule has 4 aromatic heterocycles. The number of alkyl halides is 6. The van der Waals surface area contributed by atoms with E-state index < -0.39 is 22.1 Å². The van der Waals surface area contributed by atoms with Crippen LogP contribution in [0.1, 0.15) is 32.9 Å². The number of thioether (sulfide) groups is 1. The molecule has 0 amide bonds. The van der Waals surface area contributed by atoms with Crippen molar-refractivity contribution in [2.24, 2.45) is 0 Å². The molecule has 0 fully saturated rings. The minimum Gasteiger partial charge on any atom is -0.165 e. The molecule has 0 saturated heterocycles. The van der Waals surface area contributed by atoms with E-state index in [9.17, 15) is 26.3 Å². The second-order valence-corrected chi connectivity index (χ2v) is 13.6. The van der Waals surface area contributed by atoms with Gasteiger partial charge in [-0.25, -0.2) is 0 Å². The maximum Gasteiger partial charge on any atom is 0.425 e. The van der Waals surface area contributed by atoms with Crippen LogP contribution in [-0.4, -0.2) is 0 Å². The summed E-state index contributed by atoms with van der Waals surface area (Å²) in [6.45, 7) is 2.08. The van der Waals surface area contributed by atoms with Gasteiger partial charge in [-0.1, -0.05) is 6.08 Å². The van der Waals surface area contributed by atoms with Gasteiger partial charge >= 0.3 is 12.4 Å². The molecule has 5 heterocycles. The van der Waals surface area contributed by atoms with Gasteiger partial charge in [-0.15, -0.1) is 57.1 Å². The van der Waals surface area contributed by atoms with E-state index in [0.717, 1.165) is 59.2 Å². The normalized spacial score (nSPS) is 19.1. The van der Waals surface area contributed by atoms with Gasteiger partial charge in [-0.2, -0.15) is 26.3 Å². The van der Waals surface area contributed by atoms with Crippen LogP contribution in [-0.2, 0) is 17.1 Å². The number of thiophene rings is 4. The number of allylic oxidation sites excluding steroid dienone is 1. The first-order valence-corrected chi connectivity index (χ1v) is 14.0. The molecule has 0 nitrogen and oxygen atoms in total. The van der Waals surface area contributed by atoms with Crippen molar-refractivity contribution >= 4 is 62.0 Å². The number of halogens is 6. The average Bonchev–Trinajstić information content (AvgIpc) is 3.57. The summed E-state index contributed by atoms with van der Waals surface area (Å²) in [5.41, 5.74) is 0. The smallest absolute Gasteiger partial charge is 0.165 e. The second kappa shape index (κ2) is 8.55. The summed E-state index contributed by atoms with van der Waals surface area (Å²) in [6, 6.07) is 13.1. The number of hydrogen-bond acceptors (Lipinski definition) is 5. The van der Waals surface area contributed by atoms with Crippen LogP contribution >= 0.6 is 57.1 Å². The van der Waals surface area contributed by atoms with E-state index in [1.54, 1.807) is 23.1 Å². The Balaban J connectivity index is 1.33. The van der Waals surface area contributed by atoms with Crippen LogP contribution < -0.4 is 0 Å². The van der Waals surface area contributed by atoms with E-state index in [4.69, 9.17) is 0 Å². The van der Waals surface area contributed by atoms with Crippen molar-refractivity contribution in [2.75, 3.05) is 0 Å². The van der Waals surface area contributed by atoms with Gasteiger partial charge in [-0.3, -0.25) is 0 Å². The van der Waals surface area contributed by atoms with Gasteiger partial charge < -0.3 is 0 Å². The average molecular weight is 565 g/mol. The van der Waals surface area contributed by atoms with E-state index in [0.29, 0.717) is 16.2 Å². The molecule has 11 heteroatoms. The molecule has 0 N–H and O–H groups in total. The van der Waals surface area contributed by atoms with Crippen LogP contribution in [0.15, 0.2) is 54.6 Å². The van der Waals surface area contributed by atoms with E-state index in [-0.39, 0.29) is 4.75 Å². The molecule has 0 aliphatic carbocycles. The molecule has 178 valence electrons. The molecule has 1 unspecified atom stereocenters. The molecule has 0 spiro atoms. The summed E-state index contributed by atoms with van der Waals surface area (Å²) in [6.07, 6.45) is -5.98. The van der Waals surface area contributed by atoms with Crippen molar-refractivity contribution in [2.45, 2.75) is 30.4 Å². The fourth-order valence-corrected chi connectivity index (χ4v) is 9.10. The van der Waals surface area contributed by atoms with Crippen LogP contribution in [0.5, 0.6) is 0 Å². The Morgan fingerprint density at radius 2 is 1.09 bits per heavy atom. The molecular weight excluding hydrogens is 551 g/mol. The molecule has 1 aliphatic rings. The fraction of sp³-hybridized carbons (Fsp3) is 0.217. The molecule has 0 bridgehead atoms. The lowest BCUT2D eigenvalue weighted by molar-refractivity contribution is -0.135. The summed E-state index contributed by atoms with van der Waals surface area (Å²) >= 11 is 6.13. The third-order valence-corrected chi connectivity index (χ3v) is 12.1. The largest absolute Gasteiger partial charge is 0.425 e. The maximum atomic E-state index is 13.0. The fourth-order valence-electron chi connectivity index (χ4n) is 3.52. The van der Waals surface area contributed by atoms with Gasteiger partial charge in [0.05, 0.1) is 4.75 Å². The quantitative estimate of drug-likeness (QED) is 0.222. The summed E-state index contributed by atoms with van der Waals surface area (Å²) < 4.78 is 77.4. The SMILES string of the molecule is CC1(c2ccc(-c3ccc(-c4ccc(C(F)(F)F)s4)s3)s2)CC=C(c2ccc(C(F)(F)F)s2)S1. The van der Waals surface area contributed by atoms with Crippen LogP contribution in [0.2, 0.25) is 0 Å². The molecular formula is C23H14F6S5.